The summed E-state index contributed by atoms with van der Waals surface area (Å²) in [6.45, 7) is 2.63. The van der Waals surface area contributed by atoms with Crippen LogP contribution >= 0.6 is 15.9 Å². The Morgan fingerprint density at radius 1 is 1.31 bits per heavy atom. The van der Waals surface area contributed by atoms with Gasteiger partial charge in [-0.05, 0) is 42.5 Å². The molecule has 1 N–H and O–H groups in total. The Balaban J connectivity index is 2.09. The molecular formula is C11H14BrNO2S. The molecule has 0 unspecified atom stereocenters. The SMILES string of the molecule is CC1(CNS(=O)(=O)c2ccc(Br)cc2)CC1. The van der Waals surface area contributed by atoms with Gasteiger partial charge in [-0.1, -0.05) is 22.9 Å². The molecule has 1 fully saturated rings. The Labute approximate surface area is 104 Å². The van der Waals surface area contributed by atoms with Crippen molar-refractivity contribution in [1.29, 1.82) is 0 Å². The first-order chi connectivity index (χ1) is 7.41. The Hall–Kier alpha value is -0.390. The van der Waals surface area contributed by atoms with Gasteiger partial charge in [-0.15, -0.1) is 0 Å². The average molecular weight is 304 g/mol. The van der Waals surface area contributed by atoms with E-state index in [1.165, 1.54) is 0 Å². The largest absolute Gasteiger partial charge is 0.240 e. The third kappa shape index (κ3) is 2.84. The van der Waals surface area contributed by atoms with Gasteiger partial charge in [-0.3, -0.25) is 0 Å². The molecule has 0 heterocycles. The number of rotatable bonds is 4. The van der Waals surface area contributed by atoms with E-state index in [9.17, 15) is 8.42 Å². The zero-order chi connectivity index (χ0) is 11.8. The molecule has 0 saturated heterocycles. The van der Waals surface area contributed by atoms with Crippen LogP contribution < -0.4 is 4.72 Å². The zero-order valence-corrected chi connectivity index (χ0v) is 11.4. The highest BCUT2D eigenvalue weighted by molar-refractivity contribution is 9.10. The summed E-state index contributed by atoms with van der Waals surface area (Å²) < 4.78 is 27.3. The monoisotopic (exact) mass is 303 g/mol. The second-order valence-electron chi connectivity index (χ2n) is 4.59. The minimum absolute atomic E-state index is 0.183. The topological polar surface area (TPSA) is 46.2 Å². The molecule has 1 saturated carbocycles. The van der Waals surface area contributed by atoms with Crippen LogP contribution in [0, 0.1) is 5.41 Å². The summed E-state index contributed by atoms with van der Waals surface area (Å²) in [7, 11) is -3.34. The molecule has 0 spiro atoms. The maximum absolute atomic E-state index is 11.9. The number of sulfonamides is 1. The van der Waals surface area contributed by atoms with E-state index in [0.717, 1.165) is 17.3 Å². The average Bonchev–Trinajstić information content (AvgIpc) is 2.96. The van der Waals surface area contributed by atoms with Gasteiger partial charge in [0.1, 0.15) is 0 Å². The molecule has 0 amide bonds. The Morgan fingerprint density at radius 3 is 2.38 bits per heavy atom. The maximum atomic E-state index is 11.9. The predicted octanol–water partition coefficient (Wildman–Crippen LogP) is 2.53. The van der Waals surface area contributed by atoms with Crippen molar-refractivity contribution in [2.24, 2.45) is 5.41 Å². The molecular weight excluding hydrogens is 290 g/mol. The fourth-order valence-electron chi connectivity index (χ4n) is 1.36. The number of benzene rings is 1. The smallest absolute Gasteiger partial charge is 0.211 e. The normalized spacial score (nSPS) is 18.4. The van der Waals surface area contributed by atoms with Gasteiger partial charge in [0.15, 0.2) is 0 Å². The number of nitrogens with one attached hydrogen (secondary N) is 1. The summed E-state index contributed by atoms with van der Waals surface area (Å²) in [6.07, 6.45) is 2.21. The quantitative estimate of drug-likeness (QED) is 0.929. The predicted molar refractivity (Wildman–Crippen MR) is 66.7 cm³/mol. The van der Waals surface area contributed by atoms with Gasteiger partial charge >= 0.3 is 0 Å². The highest BCUT2D eigenvalue weighted by atomic mass is 79.9. The van der Waals surface area contributed by atoms with Crippen LogP contribution in [0.5, 0.6) is 0 Å². The summed E-state index contributed by atoms with van der Waals surface area (Å²) >= 11 is 3.28. The Morgan fingerprint density at radius 2 is 1.88 bits per heavy atom. The first-order valence-corrected chi connectivity index (χ1v) is 7.44. The zero-order valence-electron chi connectivity index (χ0n) is 9.03. The minimum Gasteiger partial charge on any atom is -0.211 e. The second-order valence-corrected chi connectivity index (χ2v) is 7.27. The number of hydrogen-bond donors (Lipinski definition) is 1. The lowest BCUT2D eigenvalue weighted by Gasteiger charge is -2.10. The van der Waals surface area contributed by atoms with E-state index in [1.807, 2.05) is 0 Å². The fourth-order valence-corrected chi connectivity index (χ4v) is 2.82. The molecule has 0 aliphatic heterocycles. The van der Waals surface area contributed by atoms with Crippen LogP contribution in [-0.2, 0) is 10.0 Å². The lowest BCUT2D eigenvalue weighted by atomic mass is 10.2. The molecule has 88 valence electrons. The van der Waals surface area contributed by atoms with Gasteiger partial charge in [-0.2, -0.15) is 0 Å². The summed E-state index contributed by atoms with van der Waals surface area (Å²) in [5.74, 6) is 0. The van der Waals surface area contributed by atoms with Crippen LogP contribution in [0.15, 0.2) is 33.6 Å². The van der Waals surface area contributed by atoms with Crippen molar-refractivity contribution in [2.75, 3.05) is 6.54 Å². The van der Waals surface area contributed by atoms with Gasteiger partial charge in [0.25, 0.3) is 0 Å². The Kier molecular flexibility index (Phi) is 3.11. The van der Waals surface area contributed by atoms with Crippen LogP contribution in [0.4, 0.5) is 0 Å². The molecule has 1 aromatic carbocycles. The molecule has 1 aliphatic carbocycles. The third-order valence-corrected chi connectivity index (χ3v) is 4.86. The minimum atomic E-state index is -3.34. The van der Waals surface area contributed by atoms with E-state index in [2.05, 4.69) is 27.6 Å². The number of halogens is 1. The van der Waals surface area contributed by atoms with Crippen molar-refractivity contribution >= 4 is 26.0 Å². The Bertz CT molecular complexity index is 477. The first kappa shape index (κ1) is 12.1. The van der Waals surface area contributed by atoms with E-state index in [0.29, 0.717) is 11.4 Å². The van der Waals surface area contributed by atoms with Crippen LogP contribution in [0.1, 0.15) is 19.8 Å². The van der Waals surface area contributed by atoms with Crippen LogP contribution in [-0.4, -0.2) is 15.0 Å². The molecule has 5 heteroatoms. The molecule has 0 atom stereocenters. The van der Waals surface area contributed by atoms with Crippen molar-refractivity contribution in [1.82, 2.24) is 4.72 Å². The van der Waals surface area contributed by atoms with Crippen LogP contribution in [0.3, 0.4) is 0 Å². The van der Waals surface area contributed by atoms with E-state index in [1.54, 1.807) is 24.3 Å². The molecule has 1 aromatic rings. The fraction of sp³-hybridized carbons (Fsp3) is 0.455. The summed E-state index contributed by atoms with van der Waals surface area (Å²) in [6, 6.07) is 6.66. The standard InChI is InChI=1S/C11H14BrNO2S/c1-11(6-7-11)8-13-16(14,15)10-4-2-9(12)3-5-10/h2-5,13H,6-8H2,1H3. The molecule has 0 radical (unpaired) electrons. The van der Waals surface area contributed by atoms with Gasteiger partial charge in [-0.25, -0.2) is 13.1 Å². The van der Waals surface area contributed by atoms with E-state index >= 15 is 0 Å². The first-order valence-electron chi connectivity index (χ1n) is 5.17. The van der Waals surface area contributed by atoms with E-state index < -0.39 is 10.0 Å². The summed E-state index contributed by atoms with van der Waals surface area (Å²) in [5, 5.41) is 0. The summed E-state index contributed by atoms with van der Waals surface area (Å²) in [5.41, 5.74) is 0.183. The van der Waals surface area contributed by atoms with Gasteiger partial charge < -0.3 is 0 Å². The van der Waals surface area contributed by atoms with Crippen molar-refractivity contribution in [3.05, 3.63) is 28.7 Å². The van der Waals surface area contributed by atoms with Gasteiger partial charge in [0.2, 0.25) is 10.0 Å². The molecule has 1 aliphatic rings. The molecule has 3 nitrogen and oxygen atoms in total. The van der Waals surface area contributed by atoms with Gasteiger partial charge in [0, 0.05) is 11.0 Å². The van der Waals surface area contributed by atoms with E-state index in [-0.39, 0.29) is 5.41 Å². The van der Waals surface area contributed by atoms with Crippen LogP contribution in [0.25, 0.3) is 0 Å². The van der Waals surface area contributed by atoms with E-state index in [4.69, 9.17) is 0 Å². The van der Waals surface area contributed by atoms with Crippen LogP contribution in [0.2, 0.25) is 0 Å². The molecule has 0 bridgehead atoms. The number of hydrogen-bond acceptors (Lipinski definition) is 2. The lowest BCUT2D eigenvalue weighted by Crippen LogP contribution is -2.29. The highest BCUT2D eigenvalue weighted by Crippen LogP contribution is 2.44. The van der Waals surface area contributed by atoms with Crippen molar-refractivity contribution in [3.63, 3.8) is 0 Å². The third-order valence-electron chi connectivity index (χ3n) is 2.92. The van der Waals surface area contributed by atoms with Crippen molar-refractivity contribution in [3.8, 4) is 0 Å². The second kappa shape index (κ2) is 4.13. The highest BCUT2D eigenvalue weighted by Gasteiger charge is 2.38. The lowest BCUT2D eigenvalue weighted by molar-refractivity contribution is 0.530. The summed E-state index contributed by atoms with van der Waals surface area (Å²) in [4.78, 5) is 0.319. The maximum Gasteiger partial charge on any atom is 0.240 e. The molecule has 0 aromatic heterocycles. The van der Waals surface area contributed by atoms with Crippen molar-refractivity contribution < 1.29 is 8.42 Å². The molecule has 16 heavy (non-hydrogen) atoms. The molecule has 2 rings (SSSR count). The van der Waals surface area contributed by atoms with Gasteiger partial charge in [0.05, 0.1) is 4.90 Å². The van der Waals surface area contributed by atoms with Crippen molar-refractivity contribution in [2.45, 2.75) is 24.7 Å².